The summed E-state index contributed by atoms with van der Waals surface area (Å²) in [5, 5.41) is 12.2. The number of rotatable bonds is 4. The SMILES string of the molecule is O=C(O)[C@@H]1CC[C@H](NC(=O)C2(c3ccccc3)CCOCC2)C1. The third-order valence-electron chi connectivity index (χ3n) is 5.22. The molecule has 0 bridgehead atoms. The molecule has 0 unspecified atom stereocenters. The van der Waals surface area contributed by atoms with Crippen LogP contribution in [-0.2, 0) is 19.7 Å². The van der Waals surface area contributed by atoms with Gasteiger partial charge in [0.05, 0.1) is 11.3 Å². The van der Waals surface area contributed by atoms with Crippen LogP contribution in [0.15, 0.2) is 30.3 Å². The first-order chi connectivity index (χ1) is 11.1. The van der Waals surface area contributed by atoms with Gasteiger partial charge in [-0.25, -0.2) is 0 Å². The average molecular weight is 317 g/mol. The van der Waals surface area contributed by atoms with Crippen molar-refractivity contribution in [2.75, 3.05) is 13.2 Å². The zero-order chi connectivity index (χ0) is 16.3. The van der Waals surface area contributed by atoms with Gasteiger partial charge in [0.25, 0.3) is 0 Å². The lowest BCUT2D eigenvalue weighted by Gasteiger charge is -2.37. The molecule has 2 N–H and O–H groups in total. The smallest absolute Gasteiger partial charge is 0.306 e. The van der Waals surface area contributed by atoms with Crippen molar-refractivity contribution in [2.45, 2.75) is 43.6 Å². The normalized spacial score (nSPS) is 26.6. The van der Waals surface area contributed by atoms with Crippen LogP contribution in [-0.4, -0.2) is 36.2 Å². The van der Waals surface area contributed by atoms with Crippen LogP contribution in [0.25, 0.3) is 0 Å². The van der Waals surface area contributed by atoms with Crippen molar-refractivity contribution >= 4 is 11.9 Å². The van der Waals surface area contributed by atoms with E-state index in [4.69, 9.17) is 9.84 Å². The molecule has 1 aromatic rings. The maximum absolute atomic E-state index is 13.0. The van der Waals surface area contributed by atoms with E-state index in [1.54, 1.807) is 0 Å². The van der Waals surface area contributed by atoms with E-state index in [1.165, 1.54) is 0 Å². The summed E-state index contributed by atoms with van der Waals surface area (Å²) in [6, 6.07) is 9.82. The Morgan fingerprint density at radius 2 is 1.83 bits per heavy atom. The number of carboxylic acid groups (broad SMARTS) is 1. The first kappa shape index (κ1) is 16.0. The van der Waals surface area contributed by atoms with Gasteiger partial charge in [-0.05, 0) is 37.7 Å². The summed E-state index contributed by atoms with van der Waals surface area (Å²) in [4.78, 5) is 24.1. The number of aliphatic carboxylic acids is 1. The van der Waals surface area contributed by atoms with E-state index >= 15 is 0 Å². The molecular weight excluding hydrogens is 294 g/mol. The van der Waals surface area contributed by atoms with Crippen LogP contribution in [0.3, 0.4) is 0 Å². The Kier molecular flexibility index (Phi) is 4.66. The number of carbonyl (C=O) groups is 2. The van der Waals surface area contributed by atoms with Gasteiger partial charge in [-0.3, -0.25) is 9.59 Å². The third kappa shape index (κ3) is 3.24. The molecule has 5 nitrogen and oxygen atoms in total. The zero-order valence-corrected chi connectivity index (χ0v) is 13.2. The van der Waals surface area contributed by atoms with Gasteiger partial charge in [0.1, 0.15) is 0 Å². The molecular formula is C18H23NO4. The molecule has 1 saturated carbocycles. The van der Waals surface area contributed by atoms with E-state index < -0.39 is 11.4 Å². The monoisotopic (exact) mass is 317 g/mol. The summed E-state index contributed by atoms with van der Waals surface area (Å²) < 4.78 is 5.46. The molecule has 1 aliphatic carbocycles. The van der Waals surface area contributed by atoms with E-state index in [0.29, 0.717) is 38.9 Å². The summed E-state index contributed by atoms with van der Waals surface area (Å²) in [7, 11) is 0. The van der Waals surface area contributed by atoms with Crippen molar-refractivity contribution in [3.8, 4) is 0 Å². The fourth-order valence-corrected chi connectivity index (χ4v) is 3.78. The highest BCUT2D eigenvalue weighted by Crippen LogP contribution is 2.36. The molecule has 1 saturated heterocycles. The third-order valence-corrected chi connectivity index (χ3v) is 5.22. The maximum Gasteiger partial charge on any atom is 0.306 e. The van der Waals surface area contributed by atoms with Crippen molar-refractivity contribution in [2.24, 2.45) is 5.92 Å². The first-order valence-electron chi connectivity index (χ1n) is 8.29. The van der Waals surface area contributed by atoms with Gasteiger partial charge >= 0.3 is 5.97 Å². The number of ether oxygens (including phenoxy) is 1. The molecule has 124 valence electrons. The molecule has 3 rings (SSSR count). The minimum Gasteiger partial charge on any atom is -0.481 e. The summed E-state index contributed by atoms with van der Waals surface area (Å²) in [5.41, 5.74) is 0.467. The number of hydrogen-bond donors (Lipinski definition) is 2. The lowest BCUT2D eigenvalue weighted by Crippen LogP contribution is -2.50. The van der Waals surface area contributed by atoms with Crippen LogP contribution >= 0.6 is 0 Å². The second-order valence-corrected chi connectivity index (χ2v) is 6.58. The van der Waals surface area contributed by atoms with Crippen LogP contribution in [0.2, 0.25) is 0 Å². The average Bonchev–Trinajstić information content (AvgIpc) is 3.05. The van der Waals surface area contributed by atoms with Gasteiger partial charge in [0, 0.05) is 19.3 Å². The molecule has 1 aromatic carbocycles. The van der Waals surface area contributed by atoms with E-state index in [-0.39, 0.29) is 17.9 Å². The molecule has 2 fully saturated rings. The maximum atomic E-state index is 13.0. The highest BCUT2D eigenvalue weighted by atomic mass is 16.5. The predicted octanol–water partition coefficient (Wildman–Crippen LogP) is 2.10. The highest BCUT2D eigenvalue weighted by molar-refractivity contribution is 5.88. The Morgan fingerprint density at radius 3 is 2.43 bits per heavy atom. The van der Waals surface area contributed by atoms with Crippen LogP contribution in [0.5, 0.6) is 0 Å². The quantitative estimate of drug-likeness (QED) is 0.892. The fourth-order valence-electron chi connectivity index (χ4n) is 3.78. The van der Waals surface area contributed by atoms with E-state index in [1.807, 2.05) is 30.3 Å². The summed E-state index contributed by atoms with van der Waals surface area (Å²) in [5.74, 6) is -1.07. The van der Waals surface area contributed by atoms with Crippen LogP contribution < -0.4 is 5.32 Å². The molecule has 2 aliphatic rings. The van der Waals surface area contributed by atoms with Gasteiger partial charge in [-0.1, -0.05) is 30.3 Å². The van der Waals surface area contributed by atoms with E-state index in [2.05, 4.69) is 5.32 Å². The number of carbonyl (C=O) groups excluding carboxylic acids is 1. The van der Waals surface area contributed by atoms with Crippen LogP contribution in [0.1, 0.15) is 37.7 Å². The van der Waals surface area contributed by atoms with Gasteiger partial charge in [-0.2, -0.15) is 0 Å². The van der Waals surface area contributed by atoms with Crippen molar-refractivity contribution in [1.82, 2.24) is 5.32 Å². The fraction of sp³-hybridized carbons (Fsp3) is 0.556. The molecule has 2 atom stereocenters. The lowest BCUT2D eigenvalue weighted by molar-refractivity contribution is -0.141. The minimum absolute atomic E-state index is 0.0167. The molecule has 0 aromatic heterocycles. The standard InChI is InChI=1S/C18H23NO4/c20-16(21)13-6-7-15(12-13)19-17(22)18(8-10-23-11-9-18)14-4-2-1-3-5-14/h1-5,13,15H,6-12H2,(H,19,22)(H,20,21)/t13-,15+/m1/s1. The molecule has 1 heterocycles. The van der Waals surface area contributed by atoms with Crippen LogP contribution in [0.4, 0.5) is 0 Å². The number of benzene rings is 1. The second kappa shape index (κ2) is 6.71. The molecule has 0 spiro atoms. The van der Waals surface area contributed by atoms with Gasteiger partial charge in [-0.15, -0.1) is 0 Å². The highest BCUT2D eigenvalue weighted by Gasteiger charge is 2.43. The topological polar surface area (TPSA) is 75.6 Å². The number of nitrogens with one attached hydrogen (secondary N) is 1. The Morgan fingerprint density at radius 1 is 1.13 bits per heavy atom. The van der Waals surface area contributed by atoms with Crippen molar-refractivity contribution in [3.05, 3.63) is 35.9 Å². The molecule has 23 heavy (non-hydrogen) atoms. The van der Waals surface area contributed by atoms with Crippen molar-refractivity contribution in [1.29, 1.82) is 0 Å². The predicted molar refractivity (Wildman–Crippen MR) is 85.1 cm³/mol. The second-order valence-electron chi connectivity index (χ2n) is 6.58. The number of hydrogen-bond acceptors (Lipinski definition) is 3. The minimum atomic E-state index is -0.759. The first-order valence-corrected chi connectivity index (χ1v) is 8.29. The number of amides is 1. The molecule has 5 heteroatoms. The Balaban J connectivity index is 1.75. The molecule has 0 radical (unpaired) electrons. The largest absolute Gasteiger partial charge is 0.481 e. The molecule has 1 aliphatic heterocycles. The summed E-state index contributed by atoms with van der Waals surface area (Å²) in [6.07, 6.45) is 3.24. The van der Waals surface area contributed by atoms with E-state index in [0.717, 1.165) is 12.0 Å². The Hall–Kier alpha value is -1.88. The van der Waals surface area contributed by atoms with Crippen molar-refractivity contribution < 1.29 is 19.4 Å². The van der Waals surface area contributed by atoms with Crippen LogP contribution in [0, 0.1) is 5.92 Å². The Bertz CT molecular complexity index is 566. The van der Waals surface area contributed by atoms with Gasteiger partial charge < -0.3 is 15.2 Å². The van der Waals surface area contributed by atoms with E-state index in [9.17, 15) is 9.59 Å². The summed E-state index contributed by atoms with van der Waals surface area (Å²) in [6.45, 7) is 1.15. The Labute approximate surface area is 136 Å². The van der Waals surface area contributed by atoms with Crippen molar-refractivity contribution in [3.63, 3.8) is 0 Å². The summed E-state index contributed by atoms with van der Waals surface area (Å²) >= 11 is 0. The van der Waals surface area contributed by atoms with Gasteiger partial charge in [0.15, 0.2) is 0 Å². The number of carboxylic acids is 1. The lowest BCUT2D eigenvalue weighted by atomic mass is 9.73. The van der Waals surface area contributed by atoms with Gasteiger partial charge in [0.2, 0.25) is 5.91 Å². The molecule has 1 amide bonds. The zero-order valence-electron chi connectivity index (χ0n) is 13.2.